The van der Waals surface area contributed by atoms with E-state index in [1.54, 1.807) is 35.9 Å². The van der Waals surface area contributed by atoms with Crippen LogP contribution in [0.15, 0.2) is 54.6 Å². The van der Waals surface area contributed by atoms with Crippen molar-refractivity contribution >= 4 is 39.1 Å². The van der Waals surface area contributed by atoms with E-state index in [1.807, 2.05) is 6.07 Å². The maximum Gasteiger partial charge on any atom is 0.348 e. The number of aryl methyl sites for hydroxylation is 1. The average Bonchev–Trinajstić information content (AvgIpc) is 3.40. The molecule has 172 valence electrons. The lowest BCUT2D eigenvalue weighted by Gasteiger charge is -2.22. The number of anilines is 1. The van der Waals surface area contributed by atoms with Crippen molar-refractivity contribution in [3.8, 4) is 11.8 Å². The van der Waals surface area contributed by atoms with Crippen LogP contribution in [0.4, 0.5) is 14.5 Å². The Bertz CT molecular complexity index is 1410. The first-order chi connectivity index (χ1) is 16.4. The number of thiophene rings is 1. The Labute approximate surface area is 197 Å². The number of benzene rings is 2. The van der Waals surface area contributed by atoms with Crippen molar-refractivity contribution < 1.29 is 23.1 Å². The monoisotopic (exact) mass is 480 g/mol. The lowest BCUT2D eigenvalue weighted by Crippen LogP contribution is -2.36. The first-order valence-corrected chi connectivity index (χ1v) is 11.0. The standard InChI is InChI=1S/C24H18F2N4O3S/c1-15-18-13-21(34-23(18)30(28-15)17-9-7-16(25)8-10-17)24(32)33-14-22(31)29(12-4-11-27)20-6-3-2-5-19(20)26/h2-3,5-10,13H,4,12,14H2,1H3. The van der Waals surface area contributed by atoms with Crippen LogP contribution in [-0.4, -0.2) is 34.8 Å². The second-order valence-electron chi connectivity index (χ2n) is 7.28. The molecule has 0 bridgehead atoms. The predicted molar refractivity (Wildman–Crippen MR) is 123 cm³/mol. The molecule has 2 heterocycles. The number of nitriles is 1. The number of amides is 1. The van der Waals surface area contributed by atoms with Gasteiger partial charge >= 0.3 is 5.97 Å². The maximum absolute atomic E-state index is 14.2. The van der Waals surface area contributed by atoms with Crippen LogP contribution in [0.5, 0.6) is 0 Å². The van der Waals surface area contributed by atoms with E-state index in [2.05, 4.69) is 5.10 Å². The summed E-state index contributed by atoms with van der Waals surface area (Å²) in [7, 11) is 0. The van der Waals surface area contributed by atoms with E-state index in [1.165, 1.54) is 30.3 Å². The van der Waals surface area contributed by atoms with Gasteiger partial charge in [0, 0.05) is 11.9 Å². The number of hydrogen-bond donors (Lipinski definition) is 0. The van der Waals surface area contributed by atoms with Crippen LogP contribution in [0.1, 0.15) is 21.8 Å². The summed E-state index contributed by atoms with van der Waals surface area (Å²) in [6.45, 7) is 1.13. The van der Waals surface area contributed by atoms with Gasteiger partial charge in [-0.1, -0.05) is 12.1 Å². The topological polar surface area (TPSA) is 88.2 Å². The predicted octanol–water partition coefficient (Wildman–Crippen LogP) is 4.78. The molecule has 4 rings (SSSR count). The van der Waals surface area contributed by atoms with Crippen molar-refractivity contribution in [3.63, 3.8) is 0 Å². The number of hydrogen-bond acceptors (Lipinski definition) is 6. The molecule has 4 aromatic rings. The first-order valence-electron chi connectivity index (χ1n) is 10.2. The van der Waals surface area contributed by atoms with Crippen LogP contribution >= 0.6 is 11.3 Å². The zero-order valence-electron chi connectivity index (χ0n) is 18.0. The fourth-order valence-electron chi connectivity index (χ4n) is 3.39. The summed E-state index contributed by atoms with van der Waals surface area (Å²) in [6, 6.07) is 15.0. The third-order valence-electron chi connectivity index (χ3n) is 5.04. The molecular formula is C24H18F2N4O3S. The Morgan fingerprint density at radius 3 is 2.62 bits per heavy atom. The summed E-state index contributed by atoms with van der Waals surface area (Å²) in [4.78, 5) is 27.4. The molecule has 0 aliphatic rings. The maximum atomic E-state index is 14.2. The van der Waals surface area contributed by atoms with Crippen molar-refractivity contribution in [1.29, 1.82) is 5.26 Å². The number of carbonyl (C=O) groups is 2. The number of ether oxygens (including phenoxy) is 1. The highest BCUT2D eigenvalue weighted by Crippen LogP contribution is 2.31. The number of esters is 1. The second kappa shape index (κ2) is 9.80. The third-order valence-corrected chi connectivity index (χ3v) is 6.13. The molecule has 34 heavy (non-hydrogen) atoms. The average molecular weight is 480 g/mol. The minimum absolute atomic E-state index is 0.00988. The Kier molecular flexibility index (Phi) is 6.65. The lowest BCUT2D eigenvalue weighted by atomic mass is 10.2. The van der Waals surface area contributed by atoms with E-state index >= 15 is 0 Å². The van der Waals surface area contributed by atoms with Gasteiger partial charge in [-0.15, -0.1) is 11.3 Å². The van der Waals surface area contributed by atoms with Gasteiger partial charge in [0.25, 0.3) is 5.91 Å². The summed E-state index contributed by atoms with van der Waals surface area (Å²) < 4.78 is 34.3. The summed E-state index contributed by atoms with van der Waals surface area (Å²) in [5.41, 5.74) is 1.32. The Morgan fingerprint density at radius 2 is 1.91 bits per heavy atom. The highest BCUT2D eigenvalue weighted by molar-refractivity contribution is 7.20. The van der Waals surface area contributed by atoms with Gasteiger partial charge in [0.15, 0.2) is 6.61 Å². The van der Waals surface area contributed by atoms with Crippen molar-refractivity contribution in [3.05, 3.63) is 76.8 Å². The van der Waals surface area contributed by atoms with Gasteiger partial charge < -0.3 is 9.64 Å². The number of para-hydroxylation sites is 1. The minimum atomic E-state index is -0.714. The molecule has 2 aromatic heterocycles. The van der Waals surface area contributed by atoms with Crippen LogP contribution in [0.3, 0.4) is 0 Å². The molecule has 0 saturated carbocycles. The third kappa shape index (κ3) is 4.65. The highest BCUT2D eigenvalue weighted by Gasteiger charge is 2.22. The van der Waals surface area contributed by atoms with E-state index < -0.39 is 24.3 Å². The molecule has 0 fully saturated rings. The molecule has 0 radical (unpaired) electrons. The van der Waals surface area contributed by atoms with Crippen molar-refractivity contribution in [2.75, 3.05) is 18.1 Å². The Balaban J connectivity index is 1.52. The van der Waals surface area contributed by atoms with Crippen molar-refractivity contribution in [2.24, 2.45) is 0 Å². The molecule has 7 nitrogen and oxygen atoms in total. The summed E-state index contributed by atoms with van der Waals surface area (Å²) in [5.74, 6) is -2.36. The highest BCUT2D eigenvalue weighted by atomic mass is 32.1. The van der Waals surface area contributed by atoms with Crippen LogP contribution in [0.2, 0.25) is 0 Å². The number of halogens is 2. The zero-order valence-corrected chi connectivity index (χ0v) is 18.8. The van der Waals surface area contributed by atoms with Gasteiger partial charge in [-0.3, -0.25) is 4.79 Å². The van der Waals surface area contributed by atoms with Gasteiger partial charge in [-0.25, -0.2) is 18.3 Å². The van der Waals surface area contributed by atoms with E-state index in [4.69, 9.17) is 10.00 Å². The summed E-state index contributed by atoms with van der Waals surface area (Å²) in [5, 5.41) is 14.1. The zero-order chi connectivity index (χ0) is 24.2. The molecule has 0 unspecified atom stereocenters. The van der Waals surface area contributed by atoms with E-state index in [0.29, 0.717) is 16.2 Å². The largest absolute Gasteiger partial charge is 0.451 e. The summed E-state index contributed by atoms with van der Waals surface area (Å²) in [6.07, 6.45) is -0.0104. The lowest BCUT2D eigenvalue weighted by molar-refractivity contribution is -0.121. The van der Waals surface area contributed by atoms with Gasteiger partial charge in [-0.05, 0) is 49.4 Å². The van der Waals surface area contributed by atoms with E-state index in [-0.39, 0.29) is 29.3 Å². The van der Waals surface area contributed by atoms with Gasteiger partial charge in [-0.2, -0.15) is 10.4 Å². The van der Waals surface area contributed by atoms with E-state index in [0.717, 1.165) is 21.6 Å². The van der Waals surface area contributed by atoms with Crippen LogP contribution in [0.25, 0.3) is 15.9 Å². The van der Waals surface area contributed by atoms with Crippen molar-refractivity contribution in [1.82, 2.24) is 9.78 Å². The van der Waals surface area contributed by atoms with Gasteiger partial charge in [0.1, 0.15) is 21.3 Å². The van der Waals surface area contributed by atoms with E-state index in [9.17, 15) is 18.4 Å². The van der Waals surface area contributed by atoms with Crippen molar-refractivity contribution in [2.45, 2.75) is 13.3 Å². The molecule has 0 aliphatic heterocycles. The second-order valence-corrected chi connectivity index (χ2v) is 8.31. The fraction of sp³-hybridized carbons (Fsp3) is 0.167. The Morgan fingerprint density at radius 1 is 1.18 bits per heavy atom. The minimum Gasteiger partial charge on any atom is -0.451 e. The smallest absolute Gasteiger partial charge is 0.348 e. The van der Waals surface area contributed by atoms with Crippen LogP contribution in [0, 0.1) is 29.9 Å². The molecule has 2 aromatic carbocycles. The summed E-state index contributed by atoms with van der Waals surface area (Å²) >= 11 is 1.13. The number of fused-ring (bicyclic) bond motifs is 1. The number of rotatable bonds is 7. The quantitative estimate of drug-likeness (QED) is 0.355. The molecule has 10 heteroatoms. The normalized spacial score (nSPS) is 10.8. The Hall–Kier alpha value is -4.10. The number of aromatic nitrogens is 2. The molecule has 0 atom stereocenters. The molecule has 0 N–H and O–H groups in total. The van der Waals surface area contributed by atoms with Gasteiger partial charge in [0.05, 0.1) is 29.6 Å². The number of carbonyl (C=O) groups excluding carboxylic acids is 2. The van der Waals surface area contributed by atoms with Gasteiger partial charge in [0.2, 0.25) is 0 Å². The molecule has 0 spiro atoms. The molecule has 0 aliphatic carbocycles. The molecule has 0 saturated heterocycles. The molecular weight excluding hydrogens is 462 g/mol. The number of nitrogens with zero attached hydrogens (tertiary/aromatic N) is 4. The fourth-order valence-corrected chi connectivity index (χ4v) is 4.47. The molecule has 1 amide bonds. The van der Waals surface area contributed by atoms with Crippen LogP contribution < -0.4 is 4.90 Å². The van der Waals surface area contributed by atoms with Crippen LogP contribution in [-0.2, 0) is 9.53 Å². The SMILES string of the molecule is Cc1nn(-c2ccc(F)cc2)c2sc(C(=O)OCC(=O)N(CCC#N)c3ccccc3F)cc12. The first kappa shape index (κ1) is 23.1.